The average molecular weight is 430 g/mol. The van der Waals surface area contributed by atoms with Crippen LogP contribution in [0, 0.1) is 6.92 Å². The summed E-state index contributed by atoms with van der Waals surface area (Å²) in [6.07, 6.45) is 0.966. The van der Waals surface area contributed by atoms with E-state index in [2.05, 4.69) is 39.6 Å². The summed E-state index contributed by atoms with van der Waals surface area (Å²) in [5.74, 6) is -0.547. The molecule has 7 nitrogen and oxygen atoms in total. The molecule has 0 spiro atoms. The number of ketones is 1. The molecule has 0 saturated carbocycles. The molecule has 0 saturated heterocycles. The summed E-state index contributed by atoms with van der Waals surface area (Å²) in [5, 5.41) is 13.0. The van der Waals surface area contributed by atoms with Gasteiger partial charge in [0, 0.05) is 5.69 Å². The van der Waals surface area contributed by atoms with Crippen molar-refractivity contribution in [1.29, 1.82) is 0 Å². The van der Waals surface area contributed by atoms with Crippen LogP contribution in [0.4, 0.5) is 17.1 Å². The van der Waals surface area contributed by atoms with Gasteiger partial charge in [0.1, 0.15) is 0 Å². The number of nitrogens with two attached hydrogens (primary N) is 1. The van der Waals surface area contributed by atoms with Crippen molar-refractivity contribution >= 4 is 45.4 Å². The fourth-order valence-corrected chi connectivity index (χ4v) is 3.22. The van der Waals surface area contributed by atoms with Crippen molar-refractivity contribution in [3.8, 4) is 0 Å². The highest BCUT2D eigenvalue weighted by atomic mass is 16.2. The van der Waals surface area contributed by atoms with Crippen LogP contribution in [-0.4, -0.2) is 23.6 Å². The zero-order chi connectivity index (χ0) is 23.3. The fraction of sp³-hybridized carbons (Fsp3) is 0.240. The van der Waals surface area contributed by atoms with Crippen molar-refractivity contribution in [1.82, 2.24) is 0 Å². The van der Waals surface area contributed by atoms with Crippen LogP contribution in [0.2, 0.25) is 0 Å². The predicted octanol–water partition coefficient (Wildman–Crippen LogP) is 5.40. The molecule has 32 heavy (non-hydrogen) atoms. The molecule has 1 unspecified atom stereocenters. The van der Waals surface area contributed by atoms with Crippen LogP contribution in [0.1, 0.15) is 31.9 Å². The molecule has 1 atom stereocenters. The molecule has 164 valence electrons. The van der Waals surface area contributed by atoms with Crippen LogP contribution in [0.5, 0.6) is 0 Å². The maximum absolute atomic E-state index is 12.7. The van der Waals surface area contributed by atoms with Crippen molar-refractivity contribution in [3.05, 3.63) is 65.7 Å². The van der Waals surface area contributed by atoms with Gasteiger partial charge in [0.25, 0.3) is 5.91 Å². The molecular formula is C25H27N5O2. The maximum Gasteiger partial charge on any atom is 0.258 e. The first-order valence-electron chi connectivity index (χ1n) is 10.4. The number of nitrogens with one attached hydrogen (secondary N) is 1. The van der Waals surface area contributed by atoms with Crippen LogP contribution in [0.3, 0.4) is 0 Å². The number of carbonyl (C=O) groups excluding carboxylic acids is 2. The molecule has 3 aromatic rings. The van der Waals surface area contributed by atoms with Gasteiger partial charge in [-0.25, -0.2) is 4.99 Å². The van der Waals surface area contributed by atoms with Gasteiger partial charge < -0.3 is 11.1 Å². The molecule has 0 aliphatic carbocycles. The Morgan fingerprint density at radius 1 is 1.00 bits per heavy atom. The second-order valence-electron chi connectivity index (χ2n) is 7.69. The Hall–Kier alpha value is -3.87. The summed E-state index contributed by atoms with van der Waals surface area (Å²) < 4.78 is 0. The molecule has 0 fully saturated rings. The van der Waals surface area contributed by atoms with Crippen molar-refractivity contribution in [3.63, 3.8) is 0 Å². The highest BCUT2D eigenvalue weighted by Gasteiger charge is 2.23. The number of hydrogen-bond acceptors (Lipinski definition) is 5. The number of anilines is 1. The molecule has 0 radical (unpaired) electrons. The first-order valence-corrected chi connectivity index (χ1v) is 10.4. The van der Waals surface area contributed by atoms with Gasteiger partial charge in [0.2, 0.25) is 6.04 Å². The third-order valence-corrected chi connectivity index (χ3v) is 4.99. The minimum absolute atomic E-state index is 0.400. The van der Waals surface area contributed by atoms with E-state index in [0.29, 0.717) is 22.9 Å². The Kier molecular flexibility index (Phi) is 7.10. The maximum atomic E-state index is 12.7. The Bertz CT molecular complexity index is 1230. The lowest BCUT2D eigenvalue weighted by Crippen LogP contribution is -2.31. The lowest BCUT2D eigenvalue weighted by atomic mass is 10.1. The molecule has 7 heteroatoms. The number of fused-ring (bicyclic) bond motifs is 1. The molecule has 3 rings (SSSR count). The number of azo groups is 1. The first-order chi connectivity index (χ1) is 15.3. The normalized spacial score (nSPS) is 12.8. The molecule has 0 heterocycles. The molecule has 0 aliphatic rings. The van der Waals surface area contributed by atoms with Crippen molar-refractivity contribution in [2.24, 2.45) is 21.0 Å². The SMILES string of the molecule is CCc1ccc2cc(N=NC(C(C)=O)C(=O)Nc3ccc(C)c(N=C(C)N)c3)ccc2c1. The summed E-state index contributed by atoms with van der Waals surface area (Å²) in [6, 6.07) is 15.9. The van der Waals surface area contributed by atoms with E-state index >= 15 is 0 Å². The van der Waals surface area contributed by atoms with Gasteiger partial charge in [-0.3, -0.25) is 9.59 Å². The number of amides is 1. The Morgan fingerprint density at radius 2 is 1.72 bits per heavy atom. The van der Waals surface area contributed by atoms with Crippen LogP contribution in [0.15, 0.2) is 69.8 Å². The van der Waals surface area contributed by atoms with E-state index in [4.69, 9.17) is 5.73 Å². The number of amidine groups is 1. The monoisotopic (exact) mass is 429 g/mol. The van der Waals surface area contributed by atoms with Crippen LogP contribution >= 0.6 is 0 Å². The fourth-order valence-electron chi connectivity index (χ4n) is 3.22. The molecule has 3 N–H and O–H groups in total. The zero-order valence-electron chi connectivity index (χ0n) is 18.7. The van der Waals surface area contributed by atoms with Gasteiger partial charge in [-0.05, 0) is 73.4 Å². The lowest BCUT2D eigenvalue weighted by molar-refractivity contribution is -0.126. The number of carbonyl (C=O) groups is 2. The van der Waals surface area contributed by atoms with E-state index in [-0.39, 0.29) is 0 Å². The van der Waals surface area contributed by atoms with Gasteiger partial charge in [-0.2, -0.15) is 10.2 Å². The number of nitrogens with zero attached hydrogens (tertiary/aromatic N) is 3. The molecule has 0 aromatic heterocycles. The number of aliphatic imine (C=N–C) groups is 1. The van der Waals surface area contributed by atoms with Gasteiger partial charge in [-0.1, -0.05) is 37.3 Å². The Labute approximate surface area is 187 Å². The van der Waals surface area contributed by atoms with E-state index in [1.165, 1.54) is 12.5 Å². The van der Waals surface area contributed by atoms with Gasteiger partial charge >= 0.3 is 0 Å². The molecule has 0 aliphatic heterocycles. The van der Waals surface area contributed by atoms with Crippen LogP contribution in [0.25, 0.3) is 10.8 Å². The van der Waals surface area contributed by atoms with Gasteiger partial charge in [0.05, 0.1) is 17.2 Å². The third kappa shape index (κ3) is 5.63. The molecule has 0 bridgehead atoms. The highest BCUT2D eigenvalue weighted by Crippen LogP contribution is 2.25. The van der Waals surface area contributed by atoms with E-state index in [1.807, 2.05) is 37.3 Å². The summed E-state index contributed by atoms with van der Waals surface area (Å²) in [6.45, 7) is 7.01. The first kappa shape index (κ1) is 22.8. The van der Waals surface area contributed by atoms with E-state index < -0.39 is 17.7 Å². The topological polar surface area (TPSA) is 109 Å². The number of hydrogen-bond donors (Lipinski definition) is 2. The zero-order valence-corrected chi connectivity index (χ0v) is 18.7. The standard InChI is InChI=1S/C25H27N5O2/c1-5-18-7-8-20-13-22(11-9-19(20)12-18)29-30-24(16(3)31)25(32)28-21-10-6-15(2)23(14-21)27-17(4)26/h6-14,24H,5H2,1-4H3,(H2,26,27)(H,28,32). The molecular weight excluding hydrogens is 402 g/mol. The third-order valence-electron chi connectivity index (χ3n) is 4.99. The van der Waals surface area contributed by atoms with Crippen molar-refractivity contribution in [2.75, 3.05) is 5.32 Å². The van der Waals surface area contributed by atoms with Crippen LogP contribution < -0.4 is 11.1 Å². The van der Waals surface area contributed by atoms with Gasteiger partial charge in [0.15, 0.2) is 5.78 Å². The van der Waals surface area contributed by atoms with Crippen LogP contribution in [-0.2, 0) is 16.0 Å². The minimum Gasteiger partial charge on any atom is -0.387 e. The Morgan fingerprint density at radius 3 is 2.41 bits per heavy atom. The highest BCUT2D eigenvalue weighted by molar-refractivity contribution is 6.10. The smallest absolute Gasteiger partial charge is 0.258 e. The van der Waals surface area contributed by atoms with Crippen molar-refractivity contribution in [2.45, 2.75) is 40.2 Å². The summed E-state index contributed by atoms with van der Waals surface area (Å²) >= 11 is 0. The second kappa shape index (κ2) is 9.96. The number of benzene rings is 3. The number of Topliss-reactive ketones (excluding diaryl/α,β-unsaturated/α-hetero) is 1. The van der Waals surface area contributed by atoms with E-state index in [1.54, 1.807) is 19.1 Å². The van der Waals surface area contributed by atoms with Gasteiger partial charge in [-0.15, -0.1) is 0 Å². The second-order valence-corrected chi connectivity index (χ2v) is 7.69. The summed E-state index contributed by atoms with van der Waals surface area (Å²) in [7, 11) is 0. The lowest BCUT2D eigenvalue weighted by Gasteiger charge is -2.11. The minimum atomic E-state index is -1.25. The predicted molar refractivity (Wildman–Crippen MR) is 129 cm³/mol. The quantitative estimate of drug-likeness (QED) is 0.227. The molecule has 3 aromatic carbocycles. The summed E-state index contributed by atoms with van der Waals surface area (Å²) in [5.41, 5.74) is 9.56. The number of rotatable bonds is 7. The van der Waals surface area contributed by atoms with E-state index in [9.17, 15) is 9.59 Å². The summed E-state index contributed by atoms with van der Waals surface area (Å²) in [4.78, 5) is 29.1. The number of aryl methyl sites for hydroxylation is 2. The largest absolute Gasteiger partial charge is 0.387 e. The van der Waals surface area contributed by atoms with E-state index in [0.717, 1.165) is 22.8 Å². The molecule has 1 amide bonds. The Balaban J connectivity index is 1.80. The van der Waals surface area contributed by atoms with Crippen molar-refractivity contribution < 1.29 is 9.59 Å². The average Bonchev–Trinajstić information content (AvgIpc) is 2.75.